The van der Waals surface area contributed by atoms with Crippen molar-refractivity contribution in [1.82, 2.24) is 0 Å². The second-order valence-electron chi connectivity index (χ2n) is 4.51. The van der Waals surface area contributed by atoms with E-state index < -0.39 is 0 Å². The van der Waals surface area contributed by atoms with Crippen molar-refractivity contribution >= 4 is 51.9 Å². The van der Waals surface area contributed by atoms with Crippen molar-refractivity contribution in [3.63, 3.8) is 0 Å². The van der Waals surface area contributed by atoms with Gasteiger partial charge in [0.05, 0.1) is 27.4 Å². The van der Waals surface area contributed by atoms with E-state index in [-0.39, 0.29) is 0 Å². The van der Waals surface area contributed by atoms with E-state index in [0.717, 1.165) is 12.1 Å². The van der Waals surface area contributed by atoms with Crippen LogP contribution in [0.4, 0.5) is 17.1 Å². The van der Waals surface area contributed by atoms with Crippen molar-refractivity contribution < 1.29 is 4.74 Å². The molecule has 0 bridgehead atoms. The van der Waals surface area contributed by atoms with Crippen molar-refractivity contribution in [2.24, 2.45) is 0 Å². The minimum absolute atomic E-state index is 0.409. The van der Waals surface area contributed by atoms with E-state index in [4.69, 9.17) is 45.3 Å². The van der Waals surface area contributed by atoms with Gasteiger partial charge in [-0.1, -0.05) is 41.7 Å². The zero-order valence-corrected chi connectivity index (χ0v) is 13.7. The number of rotatable bonds is 5. The number of nitrogens with one attached hydrogen (secondary N) is 1. The van der Waals surface area contributed by atoms with Gasteiger partial charge in [-0.05, 0) is 24.6 Å². The highest BCUT2D eigenvalue weighted by atomic mass is 35.5. The maximum atomic E-state index is 6.15. The van der Waals surface area contributed by atoms with E-state index in [9.17, 15) is 0 Å². The SMILES string of the molecule is CCCOc1cc(N)cc(Nc2cc(Cl)c(Cl)cc2Cl)c1. The lowest BCUT2D eigenvalue weighted by atomic mass is 10.2. The maximum absolute atomic E-state index is 6.15. The van der Waals surface area contributed by atoms with Gasteiger partial charge in [0.15, 0.2) is 0 Å². The van der Waals surface area contributed by atoms with Crippen LogP contribution >= 0.6 is 34.8 Å². The Bertz CT molecular complexity index is 647. The Morgan fingerprint density at radius 1 is 1.00 bits per heavy atom. The minimum Gasteiger partial charge on any atom is -0.493 e. The van der Waals surface area contributed by atoms with Gasteiger partial charge in [0.2, 0.25) is 0 Å². The summed E-state index contributed by atoms with van der Waals surface area (Å²) in [5.74, 6) is 0.704. The Labute approximate surface area is 138 Å². The Hall–Kier alpha value is -1.29. The second kappa shape index (κ2) is 7.12. The third-order valence-electron chi connectivity index (χ3n) is 2.69. The van der Waals surface area contributed by atoms with Crippen molar-refractivity contribution in [3.05, 3.63) is 45.4 Å². The molecule has 0 spiro atoms. The number of hydrogen-bond acceptors (Lipinski definition) is 3. The summed E-state index contributed by atoms with van der Waals surface area (Å²) in [7, 11) is 0. The van der Waals surface area contributed by atoms with Gasteiger partial charge in [0, 0.05) is 23.5 Å². The van der Waals surface area contributed by atoms with Crippen LogP contribution in [0.25, 0.3) is 0 Å². The Morgan fingerprint density at radius 2 is 1.71 bits per heavy atom. The number of benzene rings is 2. The van der Waals surface area contributed by atoms with E-state index in [0.29, 0.717) is 38.8 Å². The van der Waals surface area contributed by atoms with Crippen LogP contribution in [-0.2, 0) is 0 Å². The molecule has 2 rings (SSSR count). The minimum atomic E-state index is 0.409. The Balaban J connectivity index is 2.27. The number of nitrogens with two attached hydrogens (primary N) is 1. The number of ether oxygens (including phenoxy) is 1. The van der Waals surface area contributed by atoms with Crippen LogP contribution < -0.4 is 15.8 Å². The van der Waals surface area contributed by atoms with Crippen molar-refractivity contribution in [2.45, 2.75) is 13.3 Å². The van der Waals surface area contributed by atoms with Crippen LogP contribution in [0.2, 0.25) is 15.1 Å². The molecule has 0 unspecified atom stereocenters. The van der Waals surface area contributed by atoms with Gasteiger partial charge in [0.1, 0.15) is 5.75 Å². The first-order valence-electron chi connectivity index (χ1n) is 6.44. The average molecular weight is 346 g/mol. The summed E-state index contributed by atoms with van der Waals surface area (Å²) in [6.07, 6.45) is 0.927. The largest absolute Gasteiger partial charge is 0.493 e. The molecular weight excluding hydrogens is 331 g/mol. The fourth-order valence-corrected chi connectivity index (χ4v) is 2.37. The molecule has 6 heteroatoms. The first-order chi connectivity index (χ1) is 9.99. The van der Waals surface area contributed by atoms with E-state index in [1.54, 1.807) is 24.3 Å². The normalized spacial score (nSPS) is 10.5. The van der Waals surface area contributed by atoms with Crippen molar-refractivity contribution in [3.8, 4) is 5.75 Å². The predicted octanol–water partition coefficient (Wildman–Crippen LogP) is 5.76. The van der Waals surface area contributed by atoms with Gasteiger partial charge in [-0.3, -0.25) is 0 Å². The molecule has 0 radical (unpaired) electrons. The fourth-order valence-electron chi connectivity index (χ4n) is 1.77. The highest BCUT2D eigenvalue weighted by Gasteiger charge is 2.07. The molecule has 3 nitrogen and oxygen atoms in total. The summed E-state index contributed by atoms with van der Waals surface area (Å²) in [6.45, 7) is 2.68. The standard InChI is InChI=1S/C15H15Cl3N2O/c1-2-3-21-11-5-9(19)4-10(6-11)20-15-8-13(17)12(16)7-14(15)18/h4-8,20H,2-3,19H2,1H3. The summed E-state index contributed by atoms with van der Waals surface area (Å²) in [5.41, 5.74) is 7.89. The van der Waals surface area contributed by atoms with Gasteiger partial charge in [-0.15, -0.1) is 0 Å². The third kappa shape index (κ3) is 4.34. The predicted molar refractivity (Wildman–Crippen MR) is 91.4 cm³/mol. The fraction of sp³-hybridized carbons (Fsp3) is 0.200. The first kappa shape index (κ1) is 16.1. The number of hydrogen-bond donors (Lipinski definition) is 2. The summed E-state index contributed by atoms with van der Waals surface area (Å²) in [5, 5.41) is 4.47. The number of halogens is 3. The second-order valence-corrected chi connectivity index (χ2v) is 5.73. The summed E-state index contributed by atoms with van der Waals surface area (Å²) in [6, 6.07) is 8.68. The highest BCUT2D eigenvalue weighted by molar-refractivity contribution is 6.44. The number of nitrogen functional groups attached to an aromatic ring is 1. The first-order valence-corrected chi connectivity index (χ1v) is 7.58. The van der Waals surface area contributed by atoms with Crippen LogP contribution in [-0.4, -0.2) is 6.61 Å². The molecule has 0 atom stereocenters. The summed E-state index contributed by atoms with van der Waals surface area (Å²) in [4.78, 5) is 0. The lowest BCUT2D eigenvalue weighted by molar-refractivity contribution is 0.318. The molecule has 2 aromatic rings. The van der Waals surface area contributed by atoms with Gasteiger partial charge >= 0.3 is 0 Å². The molecule has 0 aliphatic heterocycles. The van der Waals surface area contributed by atoms with Crippen LogP contribution in [0, 0.1) is 0 Å². The average Bonchev–Trinajstić information content (AvgIpc) is 2.42. The number of anilines is 3. The van der Waals surface area contributed by atoms with E-state index >= 15 is 0 Å². The van der Waals surface area contributed by atoms with E-state index in [1.165, 1.54) is 0 Å². The van der Waals surface area contributed by atoms with Crippen molar-refractivity contribution in [1.29, 1.82) is 0 Å². The topological polar surface area (TPSA) is 47.3 Å². The highest BCUT2D eigenvalue weighted by Crippen LogP contribution is 2.35. The molecule has 0 fully saturated rings. The molecule has 0 saturated carbocycles. The summed E-state index contributed by atoms with van der Waals surface area (Å²) >= 11 is 18.1. The maximum Gasteiger partial charge on any atom is 0.123 e. The molecule has 112 valence electrons. The Kier molecular flexibility index (Phi) is 5.45. The van der Waals surface area contributed by atoms with Gasteiger partial charge in [-0.2, -0.15) is 0 Å². The molecule has 0 amide bonds. The zero-order valence-electron chi connectivity index (χ0n) is 11.4. The molecule has 2 aromatic carbocycles. The molecule has 0 aromatic heterocycles. The van der Waals surface area contributed by atoms with Crippen LogP contribution in [0.1, 0.15) is 13.3 Å². The van der Waals surface area contributed by atoms with E-state index in [2.05, 4.69) is 5.32 Å². The summed E-state index contributed by atoms with van der Waals surface area (Å²) < 4.78 is 5.59. The van der Waals surface area contributed by atoms with Gasteiger partial charge in [0.25, 0.3) is 0 Å². The van der Waals surface area contributed by atoms with Gasteiger partial charge < -0.3 is 15.8 Å². The van der Waals surface area contributed by atoms with Crippen molar-refractivity contribution in [2.75, 3.05) is 17.7 Å². The lowest BCUT2D eigenvalue weighted by Gasteiger charge is -2.13. The molecule has 0 aliphatic rings. The molecule has 0 aliphatic carbocycles. The quantitative estimate of drug-likeness (QED) is 0.535. The molecule has 21 heavy (non-hydrogen) atoms. The Morgan fingerprint density at radius 3 is 2.43 bits per heavy atom. The van der Waals surface area contributed by atoms with Crippen LogP contribution in [0.5, 0.6) is 5.75 Å². The smallest absolute Gasteiger partial charge is 0.123 e. The molecule has 0 heterocycles. The van der Waals surface area contributed by atoms with Crippen LogP contribution in [0.3, 0.4) is 0 Å². The monoisotopic (exact) mass is 344 g/mol. The zero-order chi connectivity index (χ0) is 15.4. The lowest BCUT2D eigenvalue weighted by Crippen LogP contribution is -1.98. The van der Waals surface area contributed by atoms with Crippen LogP contribution in [0.15, 0.2) is 30.3 Å². The van der Waals surface area contributed by atoms with Gasteiger partial charge in [-0.25, -0.2) is 0 Å². The third-order valence-corrected chi connectivity index (χ3v) is 3.73. The molecule has 3 N–H and O–H groups in total. The molecule has 0 saturated heterocycles. The van der Waals surface area contributed by atoms with E-state index in [1.807, 2.05) is 13.0 Å². The molecular formula is C15H15Cl3N2O.